The fourth-order valence-electron chi connectivity index (χ4n) is 4.55. The highest BCUT2D eigenvalue weighted by Crippen LogP contribution is 2.27. The number of hydrogen-bond acceptors (Lipinski definition) is 8. The van der Waals surface area contributed by atoms with Crippen LogP contribution in [-0.2, 0) is 23.8 Å². The van der Waals surface area contributed by atoms with Crippen LogP contribution in [0.2, 0.25) is 0 Å². The summed E-state index contributed by atoms with van der Waals surface area (Å²) in [7, 11) is 0. The maximum absolute atomic E-state index is 12.6. The van der Waals surface area contributed by atoms with Crippen molar-refractivity contribution in [2.75, 3.05) is 19.7 Å². The number of carbonyl (C=O) groups excluding carboxylic acids is 3. The summed E-state index contributed by atoms with van der Waals surface area (Å²) < 4.78 is 16.5. The number of allylic oxidation sites excluding steroid dienone is 2. The molecule has 0 saturated carbocycles. The zero-order valence-corrected chi connectivity index (χ0v) is 23.4. The summed E-state index contributed by atoms with van der Waals surface area (Å²) in [6, 6.07) is 0. The Kier molecular flexibility index (Phi) is 12.5. The third kappa shape index (κ3) is 10.6. The number of likely N-dealkylation sites (tertiary alicyclic amines) is 1. The zero-order valence-electron chi connectivity index (χ0n) is 23.4. The largest absolute Gasteiger partial charge is 0.457 e. The molecule has 38 heavy (non-hydrogen) atoms. The monoisotopic (exact) mass is 535 g/mol. The minimum absolute atomic E-state index is 0.00849. The second kappa shape index (κ2) is 15.1. The van der Waals surface area contributed by atoms with Crippen LogP contribution in [0.4, 0.5) is 4.79 Å². The molecule has 9 heteroatoms. The molecule has 2 aliphatic heterocycles. The van der Waals surface area contributed by atoms with Crippen LogP contribution in [0.15, 0.2) is 36.0 Å². The SMILES string of the molecule is CC(=O)O[C@H]1/C=C\[C@H](C)[C@@H](/C(C)=C/C=C/[C@@H](C)COC(=O)N2CCCCC2)OC(=O)C[C@@H](O)CC[C@]1(C)O. The van der Waals surface area contributed by atoms with Gasteiger partial charge in [-0.2, -0.15) is 0 Å². The van der Waals surface area contributed by atoms with E-state index in [1.165, 1.54) is 6.92 Å². The van der Waals surface area contributed by atoms with Crippen molar-refractivity contribution in [2.24, 2.45) is 11.8 Å². The van der Waals surface area contributed by atoms with E-state index >= 15 is 0 Å². The number of piperidine rings is 1. The number of ether oxygens (including phenoxy) is 3. The van der Waals surface area contributed by atoms with Crippen molar-refractivity contribution in [3.8, 4) is 0 Å². The predicted octanol–water partition coefficient (Wildman–Crippen LogP) is 4.08. The van der Waals surface area contributed by atoms with Crippen molar-refractivity contribution in [1.29, 1.82) is 0 Å². The molecule has 6 atom stereocenters. The van der Waals surface area contributed by atoms with Crippen molar-refractivity contribution in [3.63, 3.8) is 0 Å². The Hall–Kier alpha value is -2.65. The molecule has 0 aromatic carbocycles. The average molecular weight is 536 g/mol. The lowest BCUT2D eigenvalue weighted by atomic mass is 9.88. The number of rotatable bonds is 6. The summed E-state index contributed by atoms with van der Waals surface area (Å²) in [5, 5.41) is 21.2. The van der Waals surface area contributed by atoms with Crippen LogP contribution in [0.1, 0.15) is 73.1 Å². The Morgan fingerprint density at radius 3 is 2.58 bits per heavy atom. The average Bonchev–Trinajstić information content (AvgIpc) is 2.86. The molecular weight excluding hydrogens is 490 g/mol. The van der Waals surface area contributed by atoms with Crippen LogP contribution in [0.25, 0.3) is 0 Å². The maximum Gasteiger partial charge on any atom is 0.409 e. The molecule has 2 aliphatic rings. The first kappa shape index (κ1) is 31.6. The maximum atomic E-state index is 12.6. The summed E-state index contributed by atoms with van der Waals surface area (Å²) >= 11 is 0. The molecule has 1 fully saturated rings. The number of cyclic esters (lactones) is 1. The lowest BCUT2D eigenvalue weighted by Crippen LogP contribution is -2.42. The second-order valence-corrected chi connectivity index (χ2v) is 10.8. The Bertz CT molecular complexity index is 887. The van der Waals surface area contributed by atoms with E-state index in [4.69, 9.17) is 14.2 Å². The van der Waals surface area contributed by atoms with Crippen molar-refractivity contribution < 1.29 is 38.8 Å². The molecule has 1 amide bonds. The lowest BCUT2D eigenvalue weighted by molar-refractivity contribution is -0.157. The standard InChI is InChI=1S/C29H45NO8/c1-20(19-36-28(34)30-16-7-6-8-17-30)10-9-11-21(2)27-22(3)12-13-25(37-23(4)31)29(5,35)15-14-24(32)18-26(33)38-27/h9-13,20,22,24-25,27,32,35H,6-8,14-19H2,1-5H3/b10-9+,13-12-,21-11+/t20-,22+,24+,25+,27-,29+/m1/s1. The van der Waals surface area contributed by atoms with E-state index < -0.39 is 35.9 Å². The first-order valence-corrected chi connectivity index (χ1v) is 13.6. The van der Waals surface area contributed by atoms with Gasteiger partial charge in [-0.25, -0.2) is 4.79 Å². The van der Waals surface area contributed by atoms with Gasteiger partial charge in [0.25, 0.3) is 0 Å². The number of aliphatic hydroxyl groups excluding tert-OH is 1. The molecule has 0 radical (unpaired) electrons. The van der Waals surface area contributed by atoms with Gasteiger partial charge in [0.15, 0.2) is 0 Å². The Balaban J connectivity index is 2.10. The Morgan fingerprint density at radius 1 is 1.24 bits per heavy atom. The Labute approximate surface area is 226 Å². The highest BCUT2D eigenvalue weighted by molar-refractivity contribution is 5.70. The van der Waals surface area contributed by atoms with Crippen molar-refractivity contribution >= 4 is 18.0 Å². The molecule has 0 unspecified atom stereocenters. The van der Waals surface area contributed by atoms with Crippen LogP contribution >= 0.6 is 0 Å². The third-order valence-electron chi connectivity index (χ3n) is 6.95. The minimum Gasteiger partial charge on any atom is -0.457 e. The molecule has 1 saturated heterocycles. The van der Waals surface area contributed by atoms with Crippen molar-refractivity contribution in [2.45, 2.75) is 97.1 Å². The molecule has 0 bridgehead atoms. The Morgan fingerprint density at radius 2 is 1.92 bits per heavy atom. The van der Waals surface area contributed by atoms with Gasteiger partial charge in [0, 0.05) is 31.8 Å². The van der Waals surface area contributed by atoms with Gasteiger partial charge in [-0.15, -0.1) is 0 Å². The fraction of sp³-hybridized carbons (Fsp3) is 0.690. The topological polar surface area (TPSA) is 123 Å². The van der Waals surface area contributed by atoms with Gasteiger partial charge in [0.1, 0.15) is 17.8 Å². The van der Waals surface area contributed by atoms with Gasteiger partial charge in [0.2, 0.25) is 0 Å². The van der Waals surface area contributed by atoms with Gasteiger partial charge in [0.05, 0.1) is 19.1 Å². The van der Waals surface area contributed by atoms with Gasteiger partial charge in [-0.3, -0.25) is 9.59 Å². The fourth-order valence-corrected chi connectivity index (χ4v) is 4.55. The summed E-state index contributed by atoms with van der Waals surface area (Å²) in [6.07, 6.45) is 9.41. The number of carbonyl (C=O) groups is 3. The van der Waals surface area contributed by atoms with E-state index in [0.29, 0.717) is 0 Å². The van der Waals surface area contributed by atoms with E-state index in [9.17, 15) is 24.6 Å². The predicted molar refractivity (Wildman–Crippen MR) is 143 cm³/mol. The highest BCUT2D eigenvalue weighted by atomic mass is 16.6. The number of amides is 1. The first-order chi connectivity index (χ1) is 17.9. The van der Waals surface area contributed by atoms with Crippen LogP contribution in [-0.4, -0.2) is 76.8 Å². The zero-order chi connectivity index (χ0) is 28.3. The molecule has 9 nitrogen and oxygen atoms in total. The second-order valence-electron chi connectivity index (χ2n) is 10.8. The van der Waals surface area contributed by atoms with Crippen molar-refractivity contribution in [1.82, 2.24) is 4.90 Å². The number of esters is 2. The van der Waals surface area contributed by atoms with E-state index in [-0.39, 0.29) is 43.8 Å². The molecule has 0 aromatic rings. The van der Waals surface area contributed by atoms with E-state index in [0.717, 1.165) is 37.9 Å². The van der Waals surface area contributed by atoms with Gasteiger partial charge < -0.3 is 29.3 Å². The first-order valence-electron chi connectivity index (χ1n) is 13.6. The summed E-state index contributed by atoms with van der Waals surface area (Å²) in [5.74, 6) is -1.38. The minimum atomic E-state index is -1.41. The van der Waals surface area contributed by atoms with E-state index in [1.54, 1.807) is 24.0 Å². The quantitative estimate of drug-likeness (QED) is 0.226. The van der Waals surface area contributed by atoms with Gasteiger partial charge >= 0.3 is 18.0 Å². The highest BCUT2D eigenvalue weighted by Gasteiger charge is 2.35. The molecule has 0 aromatic heterocycles. The smallest absolute Gasteiger partial charge is 0.409 e. The molecule has 2 rings (SSSR count). The number of aliphatic hydroxyl groups is 2. The van der Waals surface area contributed by atoms with Crippen LogP contribution in [0, 0.1) is 11.8 Å². The molecule has 0 spiro atoms. The summed E-state index contributed by atoms with van der Waals surface area (Å²) in [5.41, 5.74) is -0.644. The van der Waals surface area contributed by atoms with Gasteiger partial charge in [-0.1, -0.05) is 38.2 Å². The van der Waals surface area contributed by atoms with Gasteiger partial charge in [-0.05, 0) is 57.6 Å². The van der Waals surface area contributed by atoms with Crippen LogP contribution < -0.4 is 0 Å². The summed E-state index contributed by atoms with van der Waals surface area (Å²) in [6.45, 7) is 10.2. The molecular formula is C29H45NO8. The number of nitrogens with zero attached hydrogens (tertiary/aromatic N) is 1. The van der Waals surface area contributed by atoms with Crippen LogP contribution in [0.5, 0.6) is 0 Å². The number of hydrogen-bond donors (Lipinski definition) is 2. The third-order valence-corrected chi connectivity index (χ3v) is 6.95. The van der Waals surface area contributed by atoms with Crippen LogP contribution in [0.3, 0.4) is 0 Å². The normalized spacial score (nSPS) is 31.5. The van der Waals surface area contributed by atoms with Crippen molar-refractivity contribution in [3.05, 3.63) is 36.0 Å². The molecule has 214 valence electrons. The molecule has 2 heterocycles. The van der Waals surface area contributed by atoms with E-state index in [1.807, 2.05) is 39.0 Å². The molecule has 2 N–H and O–H groups in total. The molecule has 0 aliphatic carbocycles. The van der Waals surface area contributed by atoms with E-state index in [2.05, 4.69) is 0 Å². The summed E-state index contributed by atoms with van der Waals surface area (Å²) in [4.78, 5) is 38.2. The lowest BCUT2D eigenvalue weighted by Gasteiger charge is -2.32.